The summed E-state index contributed by atoms with van der Waals surface area (Å²) in [5.74, 6) is 0.795. The molecule has 0 amide bonds. The highest BCUT2D eigenvalue weighted by atomic mass is 32.1. The summed E-state index contributed by atoms with van der Waals surface area (Å²) in [4.78, 5) is 2.28. The molecule has 8 heteroatoms. The lowest BCUT2D eigenvalue weighted by Gasteiger charge is -2.34. The van der Waals surface area contributed by atoms with Crippen LogP contribution in [-0.4, -0.2) is 57.1 Å². The van der Waals surface area contributed by atoms with Crippen LogP contribution in [0.15, 0.2) is 24.3 Å². The number of hydrogen-bond acceptors (Lipinski definition) is 6. The molecule has 7 nitrogen and oxygen atoms in total. The van der Waals surface area contributed by atoms with Gasteiger partial charge in [-0.1, -0.05) is 0 Å². The molecule has 1 aliphatic heterocycles. The predicted octanol–water partition coefficient (Wildman–Crippen LogP) is 1.87. The second-order valence-electron chi connectivity index (χ2n) is 5.81. The van der Waals surface area contributed by atoms with Gasteiger partial charge in [-0.15, -0.1) is 0 Å². The summed E-state index contributed by atoms with van der Waals surface area (Å²) in [6.07, 6.45) is 0.425. The second kappa shape index (κ2) is 6.77. The third kappa shape index (κ3) is 3.60. The van der Waals surface area contributed by atoms with Crippen molar-refractivity contribution < 1.29 is 9.47 Å². The van der Waals surface area contributed by atoms with Crippen LogP contribution in [0.3, 0.4) is 0 Å². The molecule has 1 fully saturated rings. The highest BCUT2D eigenvalue weighted by Gasteiger charge is 2.23. The van der Waals surface area contributed by atoms with Crippen LogP contribution >= 0.6 is 12.2 Å². The summed E-state index contributed by atoms with van der Waals surface area (Å²) in [7, 11) is 1.64. The lowest BCUT2D eigenvalue weighted by Crippen LogP contribution is -2.46. The van der Waals surface area contributed by atoms with E-state index >= 15 is 0 Å². The van der Waals surface area contributed by atoms with E-state index in [4.69, 9.17) is 21.7 Å². The Morgan fingerprint density at radius 3 is 2.43 bits per heavy atom. The van der Waals surface area contributed by atoms with Crippen molar-refractivity contribution in [3.05, 3.63) is 29.0 Å². The van der Waals surface area contributed by atoms with Crippen molar-refractivity contribution in [3.63, 3.8) is 0 Å². The van der Waals surface area contributed by atoms with Gasteiger partial charge >= 0.3 is 0 Å². The first-order chi connectivity index (χ1) is 11.1. The Morgan fingerprint density at radius 1 is 1.17 bits per heavy atom. The van der Waals surface area contributed by atoms with Crippen molar-refractivity contribution in [1.82, 2.24) is 24.7 Å². The van der Waals surface area contributed by atoms with Crippen LogP contribution in [0.5, 0.6) is 5.75 Å². The molecule has 1 saturated heterocycles. The monoisotopic (exact) mass is 335 g/mol. The van der Waals surface area contributed by atoms with E-state index < -0.39 is 0 Å². The van der Waals surface area contributed by atoms with Gasteiger partial charge in [0.05, 0.1) is 31.7 Å². The van der Waals surface area contributed by atoms with Gasteiger partial charge in [-0.05, 0) is 60.8 Å². The van der Waals surface area contributed by atoms with Crippen LogP contribution in [0.4, 0.5) is 0 Å². The van der Waals surface area contributed by atoms with Crippen molar-refractivity contribution in [2.75, 3.05) is 20.2 Å². The maximum atomic E-state index is 5.75. The molecule has 1 aliphatic rings. The zero-order valence-corrected chi connectivity index (χ0v) is 14.4. The summed E-state index contributed by atoms with van der Waals surface area (Å²) < 4.78 is 14.9. The Morgan fingerprint density at radius 2 is 1.83 bits per heavy atom. The van der Waals surface area contributed by atoms with Gasteiger partial charge in [0.25, 0.3) is 0 Å². The molecule has 0 N–H and O–H groups in total. The summed E-state index contributed by atoms with van der Waals surface area (Å²) in [5.41, 5.74) is 0.866. The number of ether oxygens (including phenoxy) is 2. The largest absolute Gasteiger partial charge is 0.497 e. The fourth-order valence-corrected chi connectivity index (χ4v) is 3.07. The molecule has 0 unspecified atom stereocenters. The molecule has 1 aromatic heterocycles. The smallest absolute Gasteiger partial charge is 0.221 e. The molecule has 0 spiro atoms. The number of benzene rings is 1. The minimum Gasteiger partial charge on any atom is -0.497 e. The molecular formula is C15H21N5O2S. The average Bonchev–Trinajstić information content (AvgIpc) is 2.87. The third-order valence-electron chi connectivity index (χ3n) is 3.79. The zero-order chi connectivity index (χ0) is 16.4. The normalized spacial score (nSPS) is 22.2. The van der Waals surface area contributed by atoms with E-state index in [-0.39, 0.29) is 12.2 Å². The molecule has 2 heterocycles. The SMILES string of the molecule is COc1ccc(-n2nnn(CN3C[C@@H](C)O[C@@H](C)C3)c2=S)cc1. The molecule has 2 aromatic rings. The minimum atomic E-state index is 0.213. The van der Waals surface area contributed by atoms with E-state index in [1.165, 1.54) is 0 Å². The maximum Gasteiger partial charge on any atom is 0.221 e. The molecule has 2 atom stereocenters. The van der Waals surface area contributed by atoms with Gasteiger partial charge in [-0.3, -0.25) is 4.90 Å². The molecule has 124 valence electrons. The fourth-order valence-electron chi connectivity index (χ4n) is 2.84. The molecule has 0 bridgehead atoms. The number of nitrogens with zero attached hydrogens (tertiary/aromatic N) is 5. The molecule has 0 aliphatic carbocycles. The topological polar surface area (TPSA) is 57.3 Å². The quantitative estimate of drug-likeness (QED) is 0.795. The molecule has 1 aromatic carbocycles. The Balaban J connectivity index is 1.77. The van der Waals surface area contributed by atoms with Gasteiger partial charge in [-0.2, -0.15) is 4.68 Å². The molecule has 0 radical (unpaired) electrons. The van der Waals surface area contributed by atoms with Crippen LogP contribution in [0.25, 0.3) is 5.69 Å². The van der Waals surface area contributed by atoms with Gasteiger partial charge in [0.15, 0.2) is 0 Å². The van der Waals surface area contributed by atoms with Crippen molar-refractivity contribution >= 4 is 12.2 Å². The van der Waals surface area contributed by atoms with E-state index in [1.54, 1.807) is 16.5 Å². The van der Waals surface area contributed by atoms with E-state index in [2.05, 4.69) is 29.2 Å². The van der Waals surface area contributed by atoms with Crippen LogP contribution in [0.2, 0.25) is 0 Å². The van der Waals surface area contributed by atoms with Gasteiger partial charge in [0.1, 0.15) is 5.75 Å². The molecule has 23 heavy (non-hydrogen) atoms. The summed E-state index contributed by atoms with van der Waals surface area (Å²) in [6.45, 7) is 6.50. The maximum absolute atomic E-state index is 5.75. The zero-order valence-electron chi connectivity index (χ0n) is 13.5. The molecule has 3 rings (SSSR count). The lowest BCUT2D eigenvalue weighted by atomic mass is 10.2. The van der Waals surface area contributed by atoms with Gasteiger partial charge in [0.2, 0.25) is 4.77 Å². The van der Waals surface area contributed by atoms with Gasteiger partial charge in [0, 0.05) is 13.1 Å². The number of morpholine rings is 1. The van der Waals surface area contributed by atoms with Crippen molar-refractivity contribution in [1.29, 1.82) is 0 Å². The van der Waals surface area contributed by atoms with E-state index in [0.717, 1.165) is 24.5 Å². The van der Waals surface area contributed by atoms with Crippen LogP contribution < -0.4 is 4.74 Å². The summed E-state index contributed by atoms with van der Waals surface area (Å²) >= 11 is 5.51. The van der Waals surface area contributed by atoms with Crippen molar-refractivity contribution in [2.24, 2.45) is 0 Å². The van der Waals surface area contributed by atoms with Gasteiger partial charge in [-0.25, -0.2) is 4.68 Å². The van der Waals surface area contributed by atoms with Crippen LogP contribution in [-0.2, 0) is 11.4 Å². The van der Waals surface area contributed by atoms with Crippen LogP contribution in [0.1, 0.15) is 13.8 Å². The van der Waals surface area contributed by atoms with Crippen LogP contribution in [0, 0.1) is 4.77 Å². The molecule has 0 saturated carbocycles. The highest BCUT2D eigenvalue weighted by molar-refractivity contribution is 7.71. The number of hydrogen-bond donors (Lipinski definition) is 0. The third-order valence-corrected chi connectivity index (χ3v) is 4.17. The first kappa shape index (κ1) is 16.1. The van der Waals surface area contributed by atoms with E-state index in [9.17, 15) is 0 Å². The van der Waals surface area contributed by atoms with Gasteiger partial charge < -0.3 is 9.47 Å². The first-order valence-electron chi connectivity index (χ1n) is 7.62. The average molecular weight is 335 g/mol. The van der Waals surface area contributed by atoms with Crippen molar-refractivity contribution in [3.8, 4) is 11.4 Å². The predicted molar refractivity (Wildman–Crippen MR) is 88.3 cm³/mol. The Hall–Kier alpha value is -1.77. The fraction of sp³-hybridized carbons (Fsp3) is 0.533. The Kier molecular flexibility index (Phi) is 4.74. The number of rotatable bonds is 4. The minimum absolute atomic E-state index is 0.213. The lowest BCUT2D eigenvalue weighted by molar-refractivity contribution is -0.0778. The number of tetrazole rings is 1. The first-order valence-corrected chi connectivity index (χ1v) is 8.02. The summed E-state index contributed by atoms with van der Waals surface area (Å²) in [6, 6.07) is 7.57. The summed E-state index contributed by atoms with van der Waals surface area (Å²) in [5, 5.41) is 8.36. The van der Waals surface area contributed by atoms with E-state index in [1.807, 2.05) is 24.3 Å². The highest BCUT2D eigenvalue weighted by Crippen LogP contribution is 2.15. The number of aromatic nitrogens is 4. The van der Waals surface area contributed by atoms with E-state index in [0.29, 0.717) is 11.4 Å². The number of methoxy groups -OCH3 is 1. The Labute approximate surface area is 140 Å². The molecular weight excluding hydrogens is 314 g/mol. The standard InChI is InChI=1S/C15H21N5O2S/c1-11-8-18(9-12(2)22-11)10-19-15(23)20(17-16-19)13-4-6-14(21-3)7-5-13/h4-7,11-12H,8-10H2,1-3H3/t11-,12+. The van der Waals surface area contributed by atoms with Crippen molar-refractivity contribution in [2.45, 2.75) is 32.7 Å². The Bertz CT molecular complexity index is 701. The second-order valence-corrected chi connectivity index (χ2v) is 6.17.